The molecule has 2 aliphatic carbocycles. The average molecular weight is 581 g/mol. The lowest BCUT2D eigenvalue weighted by molar-refractivity contribution is -0.141. The van der Waals surface area contributed by atoms with Crippen LogP contribution in [0.5, 0.6) is 0 Å². The van der Waals surface area contributed by atoms with Gasteiger partial charge in [0, 0.05) is 42.3 Å². The fraction of sp³-hybridized carbons (Fsp3) is 0.387. The zero-order valence-electron chi connectivity index (χ0n) is 23.4. The molecule has 2 saturated carbocycles. The third kappa shape index (κ3) is 5.64. The topological polar surface area (TPSA) is 80.6 Å². The van der Waals surface area contributed by atoms with E-state index in [-0.39, 0.29) is 47.6 Å². The molecule has 0 bridgehead atoms. The van der Waals surface area contributed by atoms with Crippen LogP contribution in [0.15, 0.2) is 55.0 Å². The average Bonchev–Trinajstić information content (AvgIpc) is 3.89. The number of rotatable bonds is 9. The van der Waals surface area contributed by atoms with Gasteiger partial charge < -0.3 is 14.5 Å². The number of benzene rings is 2. The van der Waals surface area contributed by atoms with Crippen LogP contribution < -0.4 is 10.9 Å². The van der Waals surface area contributed by atoms with Crippen LogP contribution in [0.3, 0.4) is 0 Å². The van der Waals surface area contributed by atoms with Gasteiger partial charge in [-0.2, -0.15) is 18.3 Å². The fourth-order valence-electron chi connectivity index (χ4n) is 5.48. The summed E-state index contributed by atoms with van der Waals surface area (Å²) >= 11 is 0. The Labute approximate surface area is 240 Å². The van der Waals surface area contributed by atoms with E-state index in [9.17, 15) is 22.4 Å². The molecule has 0 spiro atoms. The van der Waals surface area contributed by atoms with Crippen LogP contribution in [0.4, 0.5) is 17.6 Å². The Morgan fingerprint density at radius 3 is 2.52 bits per heavy atom. The zero-order valence-corrected chi connectivity index (χ0v) is 23.4. The lowest BCUT2D eigenvalue weighted by Crippen LogP contribution is -2.30. The summed E-state index contributed by atoms with van der Waals surface area (Å²) in [5, 5.41) is 15.4. The van der Waals surface area contributed by atoms with Crippen molar-refractivity contribution in [1.29, 1.82) is 5.41 Å². The molecular weight excluding hydrogens is 548 g/mol. The van der Waals surface area contributed by atoms with E-state index in [1.165, 1.54) is 23.0 Å². The summed E-state index contributed by atoms with van der Waals surface area (Å²) in [5.41, 5.74) is 1.45. The van der Waals surface area contributed by atoms with Crippen LogP contribution in [-0.4, -0.2) is 24.8 Å². The van der Waals surface area contributed by atoms with E-state index in [1.807, 2.05) is 10.8 Å². The van der Waals surface area contributed by atoms with Crippen molar-refractivity contribution < 1.29 is 22.4 Å². The highest BCUT2D eigenvalue weighted by molar-refractivity contribution is 5.96. The van der Waals surface area contributed by atoms with E-state index in [0.717, 1.165) is 31.2 Å². The van der Waals surface area contributed by atoms with E-state index in [4.69, 9.17) is 5.41 Å². The molecule has 2 fully saturated rings. The number of hydrogen-bond acceptors (Lipinski definition) is 3. The van der Waals surface area contributed by atoms with Crippen LogP contribution >= 0.6 is 0 Å². The Kier molecular flexibility index (Phi) is 7.06. The minimum Gasteiger partial charge on any atom is -0.345 e. The summed E-state index contributed by atoms with van der Waals surface area (Å²) in [6.07, 6.45) is 4.15. The second-order valence-corrected chi connectivity index (χ2v) is 11.3. The summed E-state index contributed by atoms with van der Waals surface area (Å²) in [6.45, 7) is 3.84. The first-order chi connectivity index (χ1) is 20.0. The quantitative estimate of drug-likeness (QED) is 0.225. The lowest BCUT2D eigenvalue weighted by atomic mass is 9.97. The molecule has 1 atom stereocenters. The van der Waals surface area contributed by atoms with Gasteiger partial charge in [-0.25, -0.2) is 4.39 Å². The predicted molar refractivity (Wildman–Crippen MR) is 148 cm³/mol. The number of aromatic nitrogens is 4. The molecule has 1 amide bonds. The highest BCUT2D eigenvalue weighted by atomic mass is 19.4. The molecule has 11 heteroatoms. The Hall–Kier alpha value is -4.15. The third-order valence-corrected chi connectivity index (χ3v) is 8.06. The third-order valence-electron chi connectivity index (χ3n) is 8.06. The van der Waals surface area contributed by atoms with E-state index in [1.54, 1.807) is 48.9 Å². The highest BCUT2D eigenvalue weighted by Gasteiger charge is 2.38. The molecule has 2 N–H and O–H groups in total. The number of hydrogen-bond donors (Lipinski definition) is 2. The number of nitrogens with one attached hydrogen (secondary N) is 2. The van der Waals surface area contributed by atoms with Crippen LogP contribution in [0.25, 0.3) is 11.1 Å². The number of amides is 1. The maximum absolute atomic E-state index is 14.0. The highest BCUT2D eigenvalue weighted by Crippen LogP contribution is 2.42. The lowest BCUT2D eigenvalue weighted by Gasteiger charge is -2.20. The minimum atomic E-state index is -4.68. The van der Waals surface area contributed by atoms with E-state index in [2.05, 4.69) is 10.4 Å². The molecule has 2 heterocycles. The molecule has 0 saturated heterocycles. The smallest absolute Gasteiger partial charge is 0.345 e. The predicted octanol–water partition coefficient (Wildman–Crippen LogP) is 6.38. The van der Waals surface area contributed by atoms with Gasteiger partial charge in [-0.1, -0.05) is 12.1 Å². The molecular formula is C31H32F4N6O. The van der Waals surface area contributed by atoms with Gasteiger partial charge in [0.1, 0.15) is 5.82 Å². The Bertz CT molecular complexity index is 1710. The maximum Gasteiger partial charge on any atom is 0.435 e. The van der Waals surface area contributed by atoms with Crippen molar-refractivity contribution in [1.82, 2.24) is 24.2 Å². The van der Waals surface area contributed by atoms with Crippen molar-refractivity contribution in [3.63, 3.8) is 0 Å². The molecule has 2 aliphatic rings. The first-order valence-corrected chi connectivity index (χ1v) is 14.2. The largest absolute Gasteiger partial charge is 0.435 e. The van der Waals surface area contributed by atoms with Gasteiger partial charge in [-0.3, -0.25) is 14.9 Å². The summed E-state index contributed by atoms with van der Waals surface area (Å²) < 4.78 is 60.9. The van der Waals surface area contributed by atoms with E-state index >= 15 is 0 Å². The maximum atomic E-state index is 14.0. The van der Waals surface area contributed by atoms with Gasteiger partial charge in [0.25, 0.3) is 5.91 Å². The molecule has 2 aromatic heterocycles. The molecule has 0 radical (unpaired) electrons. The Balaban J connectivity index is 1.40. The zero-order chi connectivity index (χ0) is 29.8. The van der Waals surface area contributed by atoms with Crippen LogP contribution in [0.1, 0.15) is 77.4 Å². The second kappa shape index (κ2) is 10.6. The van der Waals surface area contributed by atoms with Crippen molar-refractivity contribution in [2.75, 3.05) is 0 Å². The van der Waals surface area contributed by atoms with E-state index in [0.29, 0.717) is 22.8 Å². The summed E-state index contributed by atoms with van der Waals surface area (Å²) in [4.78, 5) is 13.7. The molecule has 7 nitrogen and oxygen atoms in total. The van der Waals surface area contributed by atoms with Gasteiger partial charge in [0.05, 0.1) is 12.6 Å². The first kappa shape index (κ1) is 28.0. The summed E-state index contributed by atoms with van der Waals surface area (Å²) in [5.74, 6) is -0.559. The first-order valence-electron chi connectivity index (χ1n) is 14.2. The number of halogens is 4. The Morgan fingerprint density at radius 2 is 1.88 bits per heavy atom. The molecule has 42 heavy (non-hydrogen) atoms. The SMILES string of the molecule is CCn1cc(-c2cc(Cn3ccn(C4CC4)c3=N)cc(C(=O)NC(c3ccc(F)c(C)c3)C3CC3)c2)c(C(F)(F)F)n1. The van der Waals surface area contributed by atoms with Crippen molar-refractivity contribution in [3.05, 3.63) is 94.4 Å². The Morgan fingerprint density at radius 1 is 1.12 bits per heavy atom. The molecule has 6 rings (SSSR count). The van der Waals surface area contributed by atoms with Gasteiger partial charge >= 0.3 is 6.18 Å². The van der Waals surface area contributed by atoms with Crippen LogP contribution in [0.2, 0.25) is 0 Å². The number of carbonyl (C=O) groups excluding carboxylic acids is 1. The van der Waals surface area contributed by atoms with Gasteiger partial charge in [0.15, 0.2) is 5.69 Å². The van der Waals surface area contributed by atoms with Crippen LogP contribution in [0, 0.1) is 24.1 Å². The van der Waals surface area contributed by atoms with Crippen LogP contribution in [-0.2, 0) is 19.3 Å². The summed E-state index contributed by atoms with van der Waals surface area (Å²) in [7, 11) is 0. The van der Waals surface area contributed by atoms with Crippen molar-refractivity contribution >= 4 is 5.91 Å². The second-order valence-electron chi connectivity index (χ2n) is 11.3. The van der Waals surface area contributed by atoms with Crippen molar-refractivity contribution in [2.45, 2.75) is 70.9 Å². The number of nitrogens with zero attached hydrogens (tertiary/aromatic N) is 4. The minimum absolute atomic E-state index is 0.111. The number of aryl methyl sites for hydroxylation is 2. The fourth-order valence-corrected chi connectivity index (χ4v) is 5.48. The van der Waals surface area contributed by atoms with Crippen molar-refractivity contribution in [3.8, 4) is 11.1 Å². The molecule has 4 aromatic rings. The molecule has 1 unspecified atom stereocenters. The monoisotopic (exact) mass is 580 g/mol. The van der Waals surface area contributed by atoms with Gasteiger partial charge in [-0.15, -0.1) is 0 Å². The molecule has 220 valence electrons. The number of carbonyl (C=O) groups is 1. The van der Waals surface area contributed by atoms with Gasteiger partial charge in [0.2, 0.25) is 5.62 Å². The number of imidazole rings is 1. The van der Waals surface area contributed by atoms with E-state index < -0.39 is 17.8 Å². The normalized spacial score (nSPS) is 16.0. The van der Waals surface area contributed by atoms with Crippen molar-refractivity contribution in [2.24, 2.45) is 5.92 Å². The standard InChI is InChI=1S/C31H32F4N6O/c1-3-40-17-25(28(38-40)31(33,34)35)22-13-19(16-39-10-11-41(30(39)36)24-7-8-24)14-23(15-22)29(42)37-27(20-4-5-20)21-6-9-26(32)18(2)12-21/h6,9-15,17,20,24,27,36H,3-5,7-8,16H2,1-2H3,(H,37,42). The molecule has 2 aromatic carbocycles. The number of alkyl halides is 3. The summed E-state index contributed by atoms with van der Waals surface area (Å²) in [6, 6.07) is 9.49. The molecule has 0 aliphatic heterocycles. The van der Waals surface area contributed by atoms with Gasteiger partial charge in [-0.05, 0) is 92.0 Å².